The summed E-state index contributed by atoms with van der Waals surface area (Å²) in [6.07, 6.45) is 11.1. The van der Waals surface area contributed by atoms with Crippen LogP contribution in [-0.2, 0) is 9.53 Å². The molecule has 0 radical (unpaired) electrons. The van der Waals surface area contributed by atoms with E-state index < -0.39 is 5.60 Å². The molecule has 4 heteroatoms. The molecule has 1 N–H and O–H groups in total. The second-order valence-corrected chi connectivity index (χ2v) is 11.4. The number of ether oxygens (including phenoxy) is 1. The zero-order chi connectivity index (χ0) is 20.3. The van der Waals surface area contributed by atoms with Gasteiger partial charge in [0.1, 0.15) is 0 Å². The molecule has 28 heavy (non-hydrogen) atoms. The van der Waals surface area contributed by atoms with Crippen LogP contribution in [0.2, 0.25) is 0 Å². The first-order chi connectivity index (χ1) is 13.2. The molecule has 0 aromatic heterocycles. The summed E-state index contributed by atoms with van der Waals surface area (Å²) in [7, 11) is 1.84. The lowest BCUT2D eigenvalue weighted by Crippen LogP contribution is -2.56. The smallest absolute Gasteiger partial charge is 0.169 e. The fraction of sp³-hybridized carbons (Fsp3) is 0.875. The van der Waals surface area contributed by atoms with Gasteiger partial charge in [-0.3, -0.25) is 4.79 Å². The number of alkyl halides is 1. The highest BCUT2D eigenvalue weighted by molar-refractivity contribution is 9.09. The van der Waals surface area contributed by atoms with Gasteiger partial charge in [0.2, 0.25) is 0 Å². The number of halogens is 1. The van der Waals surface area contributed by atoms with Gasteiger partial charge in [0, 0.05) is 18.1 Å². The molecule has 3 fully saturated rings. The van der Waals surface area contributed by atoms with Crippen molar-refractivity contribution in [2.75, 3.05) is 12.4 Å². The van der Waals surface area contributed by atoms with Crippen molar-refractivity contribution in [2.24, 2.45) is 34.5 Å². The first-order valence-corrected chi connectivity index (χ1v) is 12.3. The molecule has 0 aromatic carbocycles. The van der Waals surface area contributed by atoms with Crippen LogP contribution in [0.1, 0.15) is 72.1 Å². The highest BCUT2D eigenvalue weighted by Crippen LogP contribution is 2.66. The van der Waals surface area contributed by atoms with E-state index in [2.05, 4.69) is 35.9 Å². The van der Waals surface area contributed by atoms with E-state index in [0.717, 1.165) is 37.7 Å². The van der Waals surface area contributed by atoms with Gasteiger partial charge in [0.15, 0.2) is 5.78 Å². The SMILES string of the molecule is CO[C@@H]1C[C@H]2[C@H](CCC[C@H]3C[C@](C)(O)CC[C@@]32C)[C@@H]2CC=C(C(=O)CBr)[C@@]12C. The maximum Gasteiger partial charge on any atom is 0.169 e. The van der Waals surface area contributed by atoms with Gasteiger partial charge in [0.25, 0.3) is 0 Å². The van der Waals surface area contributed by atoms with E-state index in [-0.39, 0.29) is 22.7 Å². The van der Waals surface area contributed by atoms with E-state index in [1.165, 1.54) is 19.3 Å². The minimum Gasteiger partial charge on any atom is -0.390 e. The normalized spacial score (nSPS) is 50.8. The number of fused-ring (bicyclic) bond motifs is 5. The Kier molecular flexibility index (Phi) is 5.41. The van der Waals surface area contributed by atoms with Crippen molar-refractivity contribution in [1.29, 1.82) is 0 Å². The number of hydrogen-bond acceptors (Lipinski definition) is 3. The van der Waals surface area contributed by atoms with Gasteiger partial charge in [-0.2, -0.15) is 0 Å². The zero-order valence-electron chi connectivity index (χ0n) is 18.0. The molecule has 0 unspecified atom stereocenters. The molecule has 4 rings (SSSR count). The number of rotatable bonds is 3. The summed E-state index contributed by atoms with van der Waals surface area (Å²) >= 11 is 3.40. The number of carbonyl (C=O) groups is 1. The number of carbonyl (C=O) groups excluding carboxylic acids is 1. The number of ketones is 1. The molecule has 0 spiro atoms. The van der Waals surface area contributed by atoms with E-state index in [0.29, 0.717) is 29.0 Å². The largest absolute Gasteiger partial charge is 0.390 e. The minimum absolute atomic E-state index is 0.105. The van der Waals surface area contributed by atoms with Crippen LogP contribution in [0, 0.1) is 34.5 Å². The van der Waals surface area contributed by atoms with E-state index in [1.54, 1.807) is 0 Å². The first kappa shape index (κ1) is 21.1. The average molecular weight is 453 g/mol. The first-order valence-electron chi connectivity index (χ1n) is 11.2. The molecule has 0 aromatic rings. The van der Waals surface area contributed by atoms with E-state index in [1.807, 2.05) is 14.0 Å². The third-order valence-corrected chi connectivity index (χ3v) is 10.1. The van der Waals surface area contributed by atoms with Gasteiger partial charge in [-0.1, -0.05) is 42.3 Å². The zero-order valence-corrected chi connectivity index (χ0v) is 19.6. The van der Waals surface area contributed by atoms with Crippen LogP contribution in [-0.4, -0.2) is 35.0 Å². The maximum atomic E-state index is 12.7. The van der Waals surface area contributed by atoms with E-state index in [9.17, 15) is 9.90 Å². The minimum atomic E-state index is -0.502. The van der Waals surface area contributed by atoms with Gasteiger partial charge in [-0.25, -0.2) is 0 Å². The van der Waals surface area contributed by atoms with Crippen molar-refractivity contribution in [3.8, 4) is 0 Å². The summed E-state index contributed by atoms with van der Waals surface area (Å²) in [5.41, 5.74) is 0.635. The predicted molar refractivity (Wildman–Crippen MR) is 115 cm³/mol. The number of methoxy groups -OCH3 is 1. The molecule has 158 valence electrons. The van der Waals surface area contributed by atoms with Crippen LogP contribution in [0.3, 0.4) is 0 Å². The Hall–Kier alpha value is -0.190. The monoisotopic (exact) mass is 452 g/mol. The summed E-state index contributed by atoms with van der Waals surface area (Å²) in [5, 5.41) is 11.2. The van der Waals surface area contributed by atoms with Crippen molar-refractivity contribution in [1.82, 2.24) is 0 Å². The Morgan fingerprint density at radius 3 is 2.68 bits per heavy atom. The summed E-state index contributed by atoms with van der Waals surface area (Å²) in [4.78, 5) is 12.7. The highest BCUT2D eigenvalue weighted by Gasteiger charge is 2.62. The molecular weight excluding hydrogens is 416 g/mol. The fourth-order valence-electron chi connectivity index (χ4n) is 7.99. The molecule has 4 aliphatic rings. The Morgan fingerprint density at radius 1 is 1.25 bits per heavy atom. The summed E-state index contributed by atoms with van der Waals surface area (Å²) < 4.78 is 6.13. The molecular formula is C24H37BrO3. The topological polar surface area (TPSA) is 46.5 Å². The lowest BCUT2D eigenvalue weighted by atomic mass is 9.47. The van der Waals surface area contributed by atoms with Crippen LogP contribution < -0.4 is 0 Å². The van der Waals surface area contributed by atoms with Gasteiger partial charge in [-0.05, 0) is 81.0 Å². The summed E-state index contributed by atoms with van der Waals surface area (Å²) in [5.74, 6) is 2.63. The van der Waals surface area contributed by atoms with Crippen molar-refractivity contribution in [3.05, 3.63) is 11.6 Å². The van der Waals surface area contributed by atoms with Crippen LogP contribution in [0.5, 0.6) is 0 Å². The molecule has 0 saturated heterocycles. The molecule has 0 bridgehead atoms. The molecule has 0 aliphatic heterocycles. The van der Waals surface area contributed by atoms with Crippen molar-refractivity contribution >= 4 is 21.7 Å². The third-order valence-electron chi connectivity index (χ3n) is 9.56. The molecule has 0 heterocycles. The van der Waals surface area contributed by atoms with Crippen molar-refractivity contribution in [3.63, 3.8) is 0 Å². The van der Waals surface area contributed by atoms with Crippen LogP contribution in [0.4, 0.5) is 0 Å². The highest BCUT2D eigenvalue weighted by atomic mass is 79.9. The van der Waals surface area contributed by atoms with Gasteiger partial charge in [-0.15, -0.1) is 0 Å². The average Bonchev–Trinajstić information content (AvgIpc) is 2.95. The molecule has 4 aliphatic carbocycles. The second-order valence-electron chi connectivity index (χ2n) is 10.9. The Bertz CT molecular complexity index is 671. The standard InChI is InChI=1S/C24H37BrO3/c1-22(27)10-11-23(2)15(13-22)6-5-7-16-17-8-9-18(20(26)14-25)24(17,3)21(28-4)12-19(16)23/h9,15-17,19,21,27H,5-8,10-14H2,1-4H3/t15-,16+,17-,19-,21+,22+,23-,24-/m0/s1. The third kappa shape index (κ3) is 3.00. The molecule has 3 saturated carbocycles. The maximum absolute atomic E-state index is 12.7. The summed E-state index contributed by atoms with van der Waals surface area (Å²) in [6.45, 7) is 6.85. The lowest BCUT2D eigenvalue weighted by molar-refractivity contribution is -0.147. The number of allylic oxidation sites excluding steroid dienone is 1. The Labute approximate surface area is 178 Å². The van der Waals surface area contributed by atoms with Crippen LogP contribution in [0.25, 0.3) is 0 Å². The molecule has 8 atom stereocenters. The quantitative estimate of drug-likeness (QED) is 0.591. The Morgan fingerprint density at radius 2 is 2.00 bits per heavy atom. The number of Topliss-reactive ketones (excluding diaryl/α,β-unsaturated/α-hetero) is 1. The molecule has 0 amide bonds. The van der Waals surface area contributed by atoms with Gasteiger partial charge < -0.3 is 9.84 Å². The number of hydrogen-bond donors (Lipinski definition) is 1. The van der Waals surface area contributed by atoms with Gasteiger partial charge >= 0.3 is 0 Å². The second kappa shape index (κ2) is 7.20. The van der Waals surface area contributed by atoms with E-state index in [4.69, 9.17) is 4.74 Å². The van der Waals surface area contributed by atoms with Crippen LogP contribution in [0.15, 0.2) is 11.6 Å². The Balaban J connectivity index is 1.71. The van der Waals surface area contributed by atoms with Crippen LogP contribution >= 0.6 is 15.9 Å². The fourth-order valence-corrected chi connectivity index (χ4v) is 8.29. The molecule has 3 nitrogen and oxygen atoms in total. The summed E-state index contributed by atoms with van der Waals surface area (Å²) in [6, 6.07) is 0. The van der Waals surface area contributed by atoms with Crippen molar-refractivity contribution in [2.45, 2.75) is 83.8 Å². The van der Waals surface area contributed by atoms with Gasteiger partial charge in [0.05, 0.1) is 17.0 Å². The van der Waals surface area contributed by atoms with Crippen molar-refractivity contribution < 1.29 is 14.6 Å². The predicted octanol–water partition coefficient (Wildman–Crippen LogP) is 5.30. The van der Waals surface area contributed by atoms with E-state index >= 15 is 0 Å². The lowest BCUT2D eigenvalue weighted by Gasteiger charge is -2.58. The number of aliphatic hydroxyl groups is 1.